The van der Waals surface area contributed by atoms with Crippen molar-refractivity contribution in [1.29, 1.82) is 0 Å². The summed E-state index contributed by atoms with van der Waals surface area (Å²) in [7, 11) is 1.94. The highest BCUT2D eigenvalue weighted by molar-refractivity contribution is 5.94. The normalized spacial score (nSPS) is 15.2. The van der Waals surface area contributed by atoms with E-state index < -0.39 is 11.6 Å². The van der Waals surface area contributed by atoms with Gasteiger partial charge in [0.05, 0.1) is 0 Å². The van der Waals surface area contributed by atoms with Crippen molar-refractivity contribution in [3.8, 4) is 11.5 Å². The minimum absolute atomic E-state index is 0.0194. The maximum Gasteiger partial charge on any atom is 0.253 e. The van der Waals surface area contributed by atoms with Crippen LogP contribution in [0.1, 0.15) is 23.2 Å². The van der Waals surface area contributed by atoms with Crippen LogP contribution in [-0.4, -0.2) is 37.0 Å². The zero-order chi connectivity index (χ0) is 17.8. The number of nitrogens with zero attached hydrogens (tertiary/aromatic N) is 1. The number of amides is 1. The second kappa shape index (κ2) is 7.61. The lowest BCUT2D eigenvalue weighted by Crippen LogP contribution is -2.43. The Morgan fingerprint density at radius 1 is 1.12 bits per heavy atom. The van der Waals surface area contributed by atoms with E-state index in [2.05, 4.69) is 5.32 Å². The van der Waals surface area contributed by atoms with Crippen molar-refractivity contribution in [3.63, 3.8) is 0 Å². The van der Waals surface area contributed by atoms with Gasteiger partial charge in [0.2, 0.25) is 0 Å². The highest BCUT2D eigenvalue weighted by atomic mass is 19.1. The minimum atomic E-state index is -0.771. The Bertz CT molecular complexity index is 742. The Hall–Kier alpha value is -2.47. The van der Waals surface area contributed by atoms with Gasteiger partial charge in [0.1, 0.15) is 11.6 Å². The second-order valence-electron chi connectivity index (χ2n) is 6.06. The van der Waals surface area contributed by atoms with Crippen LogP contribution in [0.4, 0.5) is 8.78 Å². The molecule has 6 heteroatoms. The molecule has 2 aromatic rings. The molecule has 25 heavy (non-hydrogen) atoms. The third-order valence-electron chi connectivity index (χ3n) is 4.41. The smallest absolute Gasteiger partial charge is 0.253 e. The van der Waals surface area contributed by atoms with Gasteiger partial charge in [-0.15, -0.1) is 0 Å². The van der Waals surface area contributed by atoms with E-state index in [4.69, 9.17) is 4.74 Å². The molecular formula is C19H20F2N2O2. The molecule has 1 amide bonds. The first-order valence-electron chi connectivity index (χ1n) is 8.26. The molecule has 3 rings (SSSR count). The Morgan fingerprint density at radius 2 is 1.80 bits per heavy atom. The number of benzene rings is 2. The van der Waals surface area contributed by atoms with E-state index >= 15 is 0 Å². The van der Waals surface area contributed by atoms with E-state index in [1.807, 2.05) is 11.9 Å². The summed E-state index contributed by atoms with van der Waals surface area (Å²) in [5, 5.41) is 3.23. The monoisotopic (exact) mass is 346 g/mol. The molecule has 1 aliphatic rings. The van der Waals surface area contributed by atoms with Gasteiger partial charge in [0.25, 0.3) is 5.91 Å². The fourth-order valence-electron chi connectivity index (χ4n) is 2.90. The van der Waals surface area contributed by atoms with Crippen LogP contribution in [0.25, 0.3) is 0 Å². The molecule has 132 valence electrons. The maximum absolute atomic E-state index is 13.6. The molecule has 1 N–H and O–H groups in total. The largest absolute Gasteiger partial charge is 0.454 e. The van der Waals surface area contributed by atoms with Crippen molar-refractivity contribution in [2.45, 2.75) is 18.9 Å². The Morgan fingerprint density at radius 3 is 2.40 bits per heavy atom. The van der Waals surface area contributed by atoms with Crippen LogP contribution in [-0.2, 0) is 0 Å². The molecule has 1 heterocycles. The molecule has 0 aromatic heterocycles. The molecule has 1 saturated heterocycles. The number of nitrogens with one attached hydrogen (secondary N) is 1. The molecule has 1 aliphatic heterocycles. The van der Waals surface area contributed by atoms with Crippen molar-refractivity contribution >= 4 is 5.91 Å². The second-order valence-corrected chi connectivity index (χ2v) is 6.06. The van der Waals surface area contributed by atoms with Crippen molar-refractivity contribution in [2.24, 2.45) is 0 Å². The van der Waals surface area contributed by atoms with Gasteiger partial charge in [0.15, 0.2) is 11.6 Å². The third-order valence-corrected chi connectivity index (χ3v) is 4.41. The average molecular weight is 346 g/mol. The SMILES string of the molecule is CNC1CCN(C(=O)c2ccc(Oc3ccc(F)cc3F)cc2)CC1. The van der Waals surface area contributed by atoms with Gasteiger partial charge < -0.3 is 15.0 Å². The molecule has 0 saturated carbocycles. The minimum Gasteiger partial charge on any atom is -0.454 e. The molecule has 2 aromatic carbocycles. The number of hydrogen-bond acceptors (Lipinski definition) is 3. The van der Waals surface area contributed by atoms with Crippen molar-refractivity contribution in [3.05, 3.63) is 59.7 Å². The topological polar surface area (TPSA) is 41.6 Å². The van der Waals surface area contributed by atoms with Gasteiger partial charge in [-0.25, -0.2) is 8.78 Å². The van der Waals surface area contributed by atoms with E-state index in [9.17, 15) is 13.6 Å². The van der Waals surface area contributed by atoms with Gasteiger partial charge in [0, 0.05) is 30.8 Å². The Balaban J connectivity index is 1.64. The van der Waals surface area contributed by atoms with Crippen LogP contribution in [0.3, 0.4) is 0 Å². The van der Waals surface area contributed by atoms with E-state index in [0.29, 0.717) is 17.4 Å². The summed E-state index contributed by atoms with van der Waals surface area (Å²) in [6, 6.07) is 10.1. The molecule has 1 fully saturated rings. The zero-order valence-corrected chi connectivity index (χ0v) is 14.0. The molecule has 0 bridgehead atoms. The fraction of sp³-hybridized carbons (Fsp3) is 0.316. The molecule has 0 spiro atoms. The Labute approximate surface area is 145 Å². The molecular weight excluding hydrogens is 326 g/mol. The summed E-state index contributed by atoms with van der Waals surface area (Å²) in [5.74, 6) is -1.12. The van der Waals surface area contributed by atoms with Gasteiger partial charge in [-0.1, -0.05) is 0 Å². The third kappa shape index (κ3) is 4.14. The van der Waals surface area contributed by atoms with Crippen LogP contribution in [0.2, 0.25) is 0 Å². The lowest BCUT2D eigenvalue weighted by Gasteiger charge is -2.31. The van der Waals surface area contributed by atoms with Crippen molar-refractivity contribution in [1.82, 2.24) is 10.2 Å². The number of hydrogen-bond donors (Lipinski definition) is 1. The zero-order valence-electron chi connectivity index (χ0n) is 14.0. The quantitative estimate of drug-likeness (QED) is 0.920. The highest BCUT2D eigenvalue weighted by Gasteiger charge is 2.22. The van der Waals surface area contributed by atoms with Crippen molar-refractivity contribution < 1.29 is 18.3 Å². The van der Waals surface area contributed by atoms with Crippen LogP contribution in [0, 0.1) is 11.6 Å². The van der Waals surface area contributed by atoms with E-state index in [1.165, 1.54) is 6.07 Å². The van der Waals surface area contributed by atoms with E-state index in [-0.39, 0.29) is 11.7 Å². The predicted octanol–water partition coefficient (Wildman–Crippen LogP) is 3.58. The van der Waals surface area contributed by atoms with Gasteiger partial charge in [-0.3, -0.25) is 4.79 Å². The predicted molar refractivity (Wildman–Crippen MR) is 90.9 cm³/mol. The number of carbonyl (C=O) groups is 1. The fourth-order valence-corrected chi connectivity index (χ4v) is 2.90. The first kappa shape index (κ1) is 17.4. The van der Waals surface area contributed by atoms with E-state index in [1.54, 1.807) is 24.3 Å². The van der Waals surface area contributed by atoms with Crippen LogP contribution in [0.15, 0.2) is 42.5 Å². The summed E-state index contributed by atoms with van der Waals surface area (Å²) in [4.78, 5) is 14.4. The summed E-state index contributed by atoms with van der Waals surface area (Å²) >= 11 is 0. The highest BCUT2D eigenvalue weighted by Crippen LogP contribution is 2.25. The lowest BCUT2D eigenvalue weighted by atomic mass is 10.0. The number of piperidine rings is 1. The van der Waals surface area contributed by atoms with Gasteiger partial charge in [-0.05, 0) is 56.3 Å². The molecule has 0 radical (unpaired) electrons. The van der Waals surface area contributed by atoms with Crippen LogP contribution in [0.5, 0.6) is 11.5 Å². The first-order valence-corrected chi connectivity index (χ1v) is 8.26. The number of likely N-dealkylation sites (tertiary alicyclic amines) is 1. The number of halogens is 2. The summed E-state index contributed by atoms with van der Waals surface area (Å²) in [6.45, 7) is 1.45. The van der Waals surface area contributed by atoms with Crippen LogP contribution >= 0.6 is 0 Å². The van der Waals surface area contributed by atoms with E-state index in [0.717, 1.165) is 38.1 Å². The van der Waals surface area contributed by atoms with Crippen molar-refractivity contribution in [2.75, 3.05) is 20.1 Å². The summed E-state index contributed by atoms with van der Waals surface area (Å²) in [6.07, 6.45) is 1.88. The molecule has 0 atom stereocenters. The summed E-state index contributed by atoms with van der Waals surface area (Å²) < 4.78 is 31.9. The molecule has 0 aliphatic carbocycles. The van der Waals surface area contributed by atoms with Crippen LogP contribution < -0.4 is 10.1 Å². The molecule has 4 nitrogen and oxygen atoms in total. The lowest BCUT2D eigenvalue weighted by molar-refractivity contribution is 0.0707. The Kier molecular flexibility index (Phi) is 5.28. The van der Waals surface area contributed by atoms with Gasteiger partial charge in [-0.2, -0.15) is 0 Å². The number of carbonyl (C=O) groups excluding carboxylic acids is 1. The maximum atomic E-state index is 13.6. The summed E-state index contributed by atoms with van der Waals surface area (Å²) in [5.41, 5.74) is 0.565. The molecule has 0 unspecified atom stereocenters. The standard InChI is InChI=1S/C19H20F2N2O2/c1-22-15-8-10-23(11-9-15)19(24)13-2-5-16(6-3-13)25-18-7-4-14(20)12-17(18)21/h2-7,12,15,22H,8-11H2,1H3. The number of ether oxygens (including phenoxy) is 1. The number of rotatable bonds is 4. The van der Waals surface area contributed by atoms with Gasteiger partial charge >= 0.3 is 0 Å². The first-order chi connectivity index (χ1) is 12.1. The average Bonchev–Trinajstić information content (AvgIpc) is 2.64.